The quantitative estimate of drug-likeness (QED) is 0.762. The summed E-state index contributed by atoms with van der Waals surface area (Å²) in [5, 5.41) is 0.262. The number of hydrogen-bond donors (Lipinski definition) is 2. The minimum absolute atomic E-state index is 0.0924. The van der Waals surface area contributed by atoms with E-state index in [1.165, 1.54) is 0 Å². The first-order valence-electron chi connectivity index (χ1n) is 8.17. The molecule has 2 aromatic heterocycles. The van der Waals surface area contributed by atoms with Crippen molar-refractivity contribution in [2.45, 2.75) is 32.7 Å². The van der Waals surface area contributed by atoms with Crippen molar-refractivity contribution >= 4 is 29.3 Å². The Morgan fingerprint density at radius 3 is 2.81 bits per heavy atom. The van der Waals surface area contributed by atoms with Crippen molar-refractivity contribution in [1.29, 1.82) is 0 Å². The lowest BCUT2D eigenvalue weighted by Gasteiger charge is -2.21. The highest BCUT2D eigenvalue weighted by Crippen LogP contribution is 2.41. The zero-order valence-electron chi connectivity index (χ0n) is 14.9. The van der Waals surface area contributed by atoms with E-state index in [2.05, 4.69) is 15.0 Å². The second kappa shape index (κ2) is 6.95. The Morgan fingerprint density at radius 2 is 2.15 bits per heavy atom. The number of aryl methyl sites for hydroxylation is 1. The Balaban J connectivity index is 1.99. The first-order chi connectivity index (χ1) is 12.3. The monoisotopic (exact) mass is 376 g/mol. The number of nitrogens with two attached hydrogens (primary N) is 2. The zero-order valence-corrected chi connectivity index (χ0v) is 15.7. The molecule has 3 rings (SSSR count). The van der Waals surface area contributed by atoms with Crippen LogP contribution in [-0.2, 0) is 11.3 Å². The SMILES string of the molecule is COc1c(C)ncc(CN2C[C@H](CC(N)=O)c3c(Cl)nc(N)nc32)c1C. The molecule has 2 aromatic rings. The van der Waals surface area contributed by atoms with Gasteiger partial charge in [0, 0.05) is 37.2 Å². The molecule has 0 saturated carbocycles. The molecule has 1 aliphatic heterocycles. The van der Waals surface area contributed by atoms with Crippen molar-refractivity contribution in [2.24, 2.45) is 5.73 Å². The van der Waals surface area contributed by atoms with Gasteiger partial charge in [0.25, 0.3) is 0 Å². The van der Waals surface area contributed by atoms with Crippen LogP contribution < -0.4 is 21.1 Å². The number of carbonyl (C=O) groups is 1. The molecule has 1 aliphatic rings. The normalized spacial score (nSPS) is 15.8. The fraction of sp³-hybridized carbons (Fsp3) is 0.412. The van der Waals surface area contributed by atoms with E-state index in [4.69, 9.17) is 27.8 Å². The van der Waals surface area contributed by atoms with Gasteiger partial charge in [-0.2, -0.15) is 4.98 Å². The molecule has 0 spiro atoms. The van der Waals surface area contributed by atoms with Crippen molar-refractivity contribution in [1.82, 2.24) is 15.0 Å². The van der Waals surface area contributed by atoms with Gasteiger partial charge < -0.3 is 21.1 Å². The Bertz CT molecular complexity index is 873. The van der Waals surface area contributed by atoms with Crippen LogP contribution in [0.4, 0.5) is 11.8 Å². The molecule has 0 radical (unpaired) electrons. The summed E-state index contributed by atoms with van der Waals surface area (Å²) < 4.78 is 5.45. The number of carbonyl (C=O) groups excluding carboxylic acids is 1. The van der Waals surface area contributed by atoms with Gasteiger partial charge in [-0.3, -0.25) is 9.78 Å². The van der Waals surface area contributed by atoms with Crippen LogP contribution in [0.1, 0.15) is 34.7 Å². The standard InChI is InChI=1S/C17H21ClN6O2/c1-8-11(5-21-9(2)14(8)26-3)7-24-6-10(4-12(19)25)13-15(18)22-17(20)23-16(13)24/h5,10H,4,6-7H2,1-3H3,(H2,19,25)(H2,20,22,23)/t10-/m0/s1. The lowest BCUT2D eigenvalue weighted by atomic mass is 10.0. The number of pyridine rings is 1. The summed E-state index contributed by atoms with van der Waals surface area (Å²) in [7, 11) is 1.63. The van der Waals surface area contributed by atoms with E-state index in [1.54, 1.807) is 7.11 Å². The summed E-state index contributed by atoms with van der Waals surface area (Å²) in [6.07, 6.45) is 1.99. The van der Waals surface area contributed by atoms with Crippen LogP contribution in [-0.4, -0.2) is 34.5 Å². The van der Waals surface area contributed by atoms with Crippen LogP contribution >= 0.6 is 11.6 Å². The summed E-state index contributed by atoms with van der Waals surface area (Å²) in [5.41, 5.74) is 14.7. The predicted molar refractivity (Wildman–Crippen MR) is 99.3 cm³/mol. The lowest BCUT2D eigenvalue weighted by molar-refractivity contribution is -0.118. The summed E-state index contributed by atoms with van der Waals surface area (Å²) in [5.74, 6) is 0.917. The molecule has 0 aliphatic carbocycles. The number of amides is 1. The highest BCUT2D eigenvalue weighted by molar-refractivity contribution is 6.30. The molecule has 9 heteroatoms. The van der Waals surface area contributed by atoms with Gasteiger partial charge in [0.2, 0.25) is 11.9 Å². The number of methoxy groups -OCH3 is 1. The smallest absolute Gasteiger partial charge is 0.223 e. The van der Waals surface area contributed by atoms with E-state index in [0.29, 0.717) is 24.5 Å². The molecule has 1 atom stereocenters. The summed E-state index contributed by atoms with van der Waals surface area (Å²) in [6, 6.07) is 0. The minimum Gasteiger partial charge on any atom is -0.495 e. The second-order valence-electron chi connectivity index (χ2n) is 6.38. The van der Waals surface area contributed by atoms with E-state index in [1.807, 2.05) is 24.9 Å². The number of hydrogen-bond acceptors (Lipinski definition) is 7. The average Bonchev–Trinajstić information content (AvgIpc) is 2.87. The molecule has 8 nitrogen and oxygen atoms in total. The molecule has 26 heavy (non-hydrogen) atoms. The fourth-order valence-electron chi connectivity index (χ4n) is 3.44. The maximum Gasteiger partial charge on any atom is 0.223 e. The van der Waals surface area contributed by atoms with Gasteiger partial charge in [-0.05, 0) is 25.0 Å². The van der Waals surface area contributed by atoms with Gasteiger partial charge >= 0.3 is 0 Å². The largest absolute Gasteiger partial charge is 0.495 e. The Morgan fingerprint density at radius 1 is 1.42 bits per heavy atom. The van der Waals surface area contributed by atoms with Crippen LogP contribution in [0.3, 0.4) is 0 Å². The van der Waals surface area contributed by atoms with E-state index in [9.17, 15) is 4.79 Å². The van der Waals surface area contributed by atoms with Crippen LogP contribution in [0.2, 0.25) is 5.15 Å². The molecule has 0 fully saturated rings. The fourth-order valence-corrected chi connectivity index (χ4v) is 3.77. The average molecular weight is 377 g/mol. The number of aromatic nitrogens is 3. The maximum atomic E-state index is 11.5. The third kappa shape index (κ3) is 3.24. The van der Waals surface area contributed by atoms with Gasteiger partial charge in [-0.1, -0.05) is 11.6 Å². The highest BCUT2D eigenvalue weighted by atomic mass is 35.5. The molecule has 1 amide bonds. The van der Waals surface area contributed by atoms with Crippen LogP contribution in [0.15, 0.2) is 6.20 Å². The lowest BCUT2D eigenvalue weighted by Crippen LogP contribution is -2.24. The number of fused-ring (bicyclic) bond motifs is 1. The van der Waals surface area contributed by atoms with Crippen LogP contribution in [0.25, 0.3) is 0 Å². The van der Waals surface area contributed by atoms with Crippen molar-refractivity contribution < 1.29 is 9.53 Å². The number of rotatable bonds is 5. The summed E-state index contributed by atoms with van der Waals surface area (Å²) >= 11 is 6.28. The van der Waals surface area contributed by atoms with E-state index in [-0.39, 0.29) is 23.4 Å². The third-order valence-electron chi connectivity index (χ3n) is 4.62. The molecule has 4 N–H and O–H groups in total. The van der Waals surface area contributed by atoms with Gasteiger partial charge in [0.1, 0.15) is 16.7 Å². The van der Waals surface area contributed by atoms with E-state index < -0.39 is 5.91 Å². The first kappa shape index (κ1) is 18.2. The second-order valence-corrected chi connectivity index (χ2v) is 6.74. The zero-order chi connectivity index (χ0) is 19.0. The highest BCUT2D eigenvalue weighted by Gasteiger charge is 2.34. The van der Waals surface area contributed by atoms with Crippen molar-refractivity contribution in [3.63, 3.8) is 0 Å². The first-order valence-corrected chi connectivity index (χ1v) is 8.54. The molecule has 0 aromatic carbocycles. The molecule has 138 valence electrons. The Hall–Kier alpha value is -2.61. The molecule has 3 heterocycles. The number of nitrogens with zero attached hydrogens (tertiary/aromatic N) is 4. The number of halogens is 1. The van der Waals surface area contributed by atoms with Gasteiger partial charge in [0.05, 0.1) is 12.8 Å². The van der Waals surface area contributed by atoms with Crippen LogP contribution in [0.5, 0.6) is 5.75 Å². The Labute approximate surface area is 156 Å². The Kier molecular flexibility index (Phi) is 4.86. The van der Waals surface area contributed by atoms with Crippen molar-refractivity contribution in [2.75, 3.05) is 24.3 Å². The molecular weight excluding hydrogens is 356 g/mol. The molecule has 0 saturated heterocycles. The maximum absolute atomic E-state index is 11.5. The summed E-state index contributed by atoms with van der Waals surface area (Å²) in [4.78, 5) is 26.2. The van der Waals surface area contributed by atoms with E-state index >= 15 is 0 Å². The predicted octanol–water partition coefficient (Wildman–Crippen LogP) is 1.71. The molecular formula is C17H21ClN6O2. The third-order valence-corrected chi connectivity index (χ3v) is 4.91. The van der Waals surface area contributed by atoms with E-state index in [0.717, 1.165) is 22.6 Å². The number of anilines is 2. The molecule has 0 bridgehead atoms. The van der Waals surface area contributed by atoms with Gasteiger partial charge in [0.15, 0.2) is 0 Å². The topological polar surface area (TPSA) is 120 Å². The number of primary amides is 1. The van der Waals surface area contributed by atoms with Crippen molar-refractivity contribution in [3.05, 3.63) is 33.7 Å². The van der Waals surface area contributed by atoms with Gasteiger partial charge in [-0.25, -0.2) is 4.98 Å². The summed E-state index contributed by atoms with van der Waals surface area (Å²) in [6.45, 7) is 4.97. The number of ether oxygens (including phenoxy) is 1. The van der Waals surface area contributed by atoms with Crippen LogP contribution in [0, 0.1) is 13.8 Å². The van der Waals surface area contributed by atoms with Gasteiger partial charge in [-0.15, -0.1) is 0 Å². The van der Waals surface area contributed by atoms with Crippen molar-refractivity contribution in [3.8, 4) is 5.75 Å². The number of nitrogen functional groups attached to an aromatic ring is 1. The minimum atomic E-state index is -0.398. The molecule has 0 unspecified atom stereocenters.